The molecule has 3 rings (SSSR count). The molecule has 0 amide bonds. The van der Waals surface area contributed by atoms with E-state index in [2.05, 4.69) is 26.7 Å². The first-order valence-electron chi connectivity index (χ1n) is 6.57. The van der Waals surface area contributed by atoms with Crippen LogP contribution in [-0.2, 0) is 10.8 Å². The zero-order chi connectivity index (χ0) is 15.5. The van der Waals surface area contributed by atoms with Crippen LogP contribution < -0.4 is 4.74 Å². The van der Waals surface area contributed by atoms with Crippen LogP contribution in [-0.4, -0.2) is 37.2 Å². The van der Waals surface area contributed by atoms with Gasteiger partial charge in [-0.2, -0.15) is 10.2 Å². The Bertz CT molecular complexity index is 827. The van der Waals surface area contributed by atoms with E-state index < -0.39 is 10.8 Å². The van der Waals surface area contributed by atoms with E-state index in [9.17, 15) is 4.21 Å². The minimum Gasteiger partial charge on any atom is -0.490 e. The third kappa shape index (κ3) is 2.75. The van der Waals surface area contributed by atoms with Crippen LogP contribution in [0.1, 0.15) is 0 Å². The van der Waals surface area contributed by atoms with Gasteiger partial charge in [0.1, 0.15) is 23.7 Å². The maximum Gasteiger partial charge on any atom is 0.139 e. The molecule has 3 aromatic rings. The van der Waals surface area contributed by atoms with E-state index in [0.29, 0.717) is 28.6 Å². The molecule has 0 spiro atoms. The standard InChI is InChI=1S/C15H14N4O2S/c1-3-6-21-10-4-5-11(14(7-10)22(2)20)15-18-12-8-16-17-9-13(12)19-15/h3-5,7-9H,1,6H2,2H3,(H,18,19). The van der Waals surface area contributed by atoms with Crippen molar-refractivity contribution in [2.75, 3.05) is 12.9 Å². The average molecular weight is 314 g/mol. The van der Waals surface area contributed by atoms with Crippen LogP contribution in [0.3, 0.4) is 0 Å². The fourth-order valence-corrected chi connectivity index (χ4v) is 2.84. The Balaban J connectivity index is 2.08. The number of nitrogens with one attached hydrogen (secondary N) is 1. The van der Waals surface area contributed by atoms with Gasteiger partial charge in [-0.3, -0.25) is 4.21 Å². The topological polar surface area (TPSA) is 80.8 Å². The molecule has 112 valence electrons. The Labute approximate surface area is 129 Å². The van der Waals surface area contributed by atoms with Crippen molar-refractivity contribution in [3.63, 3.8) is 0 Å². The van der Waals surface area contributed by atoms with E-state index >= 15 is 0 Å². The lowest BCUT2D eigenvalue weighted by atomic mass is 10.2. The third-order valence-electron chi connectivity index (χ3n) is 3.08. The van der Waals surface area contributed by atoms with E-state index in [1.807, 2.05) is 12.1 Å². The number of ether oxygens (including phenoxy) is 1. The predicted octanol–water partition coefficient (Wildman–Crippen LogP) is 2.32. The number of nitrogens with zero attached hydrogens (tertiary/aromatic N) is 3. The molecule has 1 aromatic carbocycles. The average Bonchev–Trinajstić information content (AvgIpc) is 2.96. The van der Waals surface area contributed by atoms with Gasteiger partial charge in [0, 0.05) is 11.8 Å². The summed E-state index contributed by atoms with van der Waals surface area (Å²) >= 11 is 0. The molecule has 0 aliphatic heterocycles. The van der Waals surface area contributed by atoms with Crippen molar-refractivity contribution in [3.8, 4) is 17.1 Å². The van der Waals surface area contributed by atoms with Gasteiger partial charge in [-0.05, 0) is 18.2 Å². The molecule has 2 aromatic heterocycles. The highest BCUT2D eigenvalue weighted by Crippen LogP contribution is 2.29. The van der Waals surface area contributed by atoms with Crippen molar-refractivity contribution >= 4 is 21.8 Å². The Morgan fingerprint density at radius 1 is 1.36 bits per heavy atom. The summed E-state index contributed by atoms with van der Waals surface area (Å²) in [5.74, 6) is 1.28. The summed E-state index contributed by atoms with van der Waals surface area (Å²) in [5, 5.41) is 7.62. The molecule has 0 saturated heterocycles. The van der Waals surface area contributed by atoms with Crippen molar-refractivity contribution in [2.24, 2.45) is 0 Å². The van der Waals surface area contributed by atoms with Gasteiger partial charge in [-0.1, -0.05) is 12.7 Å². The predicted molar refractivity (Wildman–Crippen MR) is 85.1 cm³/mol. The fourth-order valence-electron chi connectivity index (χ4n) is 2.08. The summed E-state index contributed by atoms with van der Waals surface area (Å²) in [4.78, 5) is 8.29. The second-order valence-electron chi connectivity index (χ2n) is 4.59. The Hall–Kier alpha value is -2.54. The van der Waals surface area contributed by atoms with E-state index in [4.69, 9.17) is 4.74 Å². The summed E-state index contributed by atoms with van der Waals surface area (Å²) in [6.07, 6.45) is 6.48. The minimum atomic E-state index is -1.18. The monoisotopic (exact) mass is 314 g/mol. The van der Waals surface area contributed by atoms with Gasteiger partial charge in [0.2, 0.25) is 0 Å². The maximum absolute atomic E-state index is 12.0. The van der Waals surface area contributed by atoms with Gasteiger partial charge < -0.3 is 9.72 Å². The largest absolute Gasteiger partial charge is 0.490 e. The number of imidazole rings is 1. The molecule has 0 fully saturated rings. The van der Waals surface area contributed by atoms with E-state index in [0.717, 1.165) is 11.1 Å². The molecule has 1 atom stereocenters. The number of H-pyrrole nitrogens is 1. The highest BCUT2D eigenvalue weighted by Gasteiger charge is 2.14. The summed E-state index contributed by atoms with van der Waals surface area (Å²) < 4.78 is 17.5. The van der Waals surface area contributed by atoms with Crippen LogP contribution in [0, 0.1) is 0 Å². The molecule has 22 heavy (non-hydrogen) atoms. The molecule has 7 heteroatoms. The number of aromatic nitrogens is 4. The van der Waals surface area contributed by atoms with Crippen molar-refractivity contribution in [1.29, 1.82) is 0 Å². The fraction of sp³-hybridized carbons (Fsp3) is 0.133. The van der Waals surface area contributed by atoms with Crippen LogP contribution in [0.5, 0.6) is 5.75 Å². The molecular weight excluding hydrogens is 300 g/mol. The Morgan fingerprint density at radius 3 is 2.91 bits per heavy atom. The number of fused-ring (bicyclic) bond motifs is 1. The highest BCUT2D eigenvalue weighted by atomic mass is 32.2. The quantitative estimate of drug-likeness (QED) is 0.731. The van der Waals surface area contributed by atoms with Gasteiger partial charge in [-0.25, -0.2) is 4.98 Å². The summed E-state index contributed by atoms with van der Waals surface area (Å²) in [6.45, 7) is 4.01. The lowest BCUT2D eigenvalue weighted by Crippen LogP contribution is -1.97. The van der Waals surface area contributed by atoms with Crippen molar-refractivity contribution in [3.05, 3.63) is 43.2 Å². The van der Waals surface area contributed by atoms with E-state index in [-0.39, 0.29) is 0 Å². The molecule has 1 N–H and O–H groups in total. The third-order valence-corrected chi connectivity index (χ3v) is 4.04. The van der Waals surface area contributed by atoms with Gasteiger partial charge in [0.25, 0.3) is 0 Å². The molecule has 1 unspecified atom stereocenters. The normalized spacial score (nSPS) is 12.2. The number of hydrogen-bond donors (Lipinski definition) is 1. The molecule has 0 aliphatic rings. The van der Waals surface area contributed by atoms with Gasteiger partial charge >= 0.3 is 0 Å². The number of rotatable bonds is 5. The van der Waals surface area contributed by atoms with Crippen LogP contribution >= 0.6 is 0 Å². The summed E-state index contributed by atoms with van der Waals surface area (Å²) in [5.41, 5.74) is 2.26. The summed E-state index contributed by atoms with van der Waals surface area (Å²) in [7, 11) is -1.18. The lowest BCUT2D eigenvalue weighted by Gasteiger charge is -2.08. The van der Waals surface area contributed by atoms with Gasteiger partial charge in [0.05, 0.1) is 33.6 Å². The number of hydrogen-bond acceptors (Lipinski definition) is 5. The molecule has 0 saturated carbocycles. The second-order valence-corrected chi connectivity index (χ2v) is 5.93. The van der Waals surface area contributed by atoms with Gasteiger partial charge in [0.15, 0.2) is 0 Å². The Morgan fingerprint density at radius 2 is 2.18 bits per heavy atom. The minimum absolute atomic E-state index is 0.400. The molecular formula is C15H14N4O2S. The SMILES string of the molecule is C=CCOc1ccc(-c2nc3cnncc3[nH]2)c(S(C)=O)c1. The van der Waals surface area contributed by atoms with Crippen LogP contribution in [0.25, 0.3) is 22.4 Å². The van der Waals surface area contributed by atoms with Crippen molar-refractivity contribution in [1.82, 2.24) is 20.2 Å². The zero-order valence-electron chi connectivity index (χ0n) is 11.9. The molecule has 0 aliphatic carbocycles. The van der Waals surface area contributed by atoms with Crippen molar-refractivity contribution < 1.29 is 8.95 Å². The molecule has 6 nitrogen and oxygen atoms in total. The first-order chi connectivity index (χ1) is 10.7. The number of benzene rings is 1. The van der Waals surface area contributed by atoms with Crippen LogP contribution in [0.4, 0.5) is 0 Å². The highest BCUT2D eigenvalue weighted by molar-refractivity contribution is 7.84. The molecule has 2 heterocycles. The van der Waals surface area contributed by atoms with Crippen LogP contribution in [0.15, 0.2) is 48.1 Å². The smallest absolute Gasteiger partial charge is 0.139 e. The first kappa shape index (κ1) is 14.4. The number of aromatic amines is 1. The van der Waals surface area contributed by atoms with Gasteiger partial charge in [-0.15, -0.1) is 0 Å². The Kier molecular flexibility index (Phi) is 3.97. The second kappa shape index (κ2) is 6.07. The lowest BCUT2D eigenvalue weighted by molar-refractivity contribution is 0.362. The van der Waals surface area contributed by atoms with Crippen molar-refractivity contribution in [2.45, 2.75) is 4.90 Å². The van der Waals surface area contributed by atoms with Crippen LogP contribution in [0.2, 0.25) is 0 Å². The van der Waals surface area contributed by atoms with E-state index in [1.165, 1.54) is 0 Å². The maximum atomic E-state index is 12.0. The molecule has 0 bridgehead atoms. The zero-order valence-corrected chi connectivity index (χ0v) is 12.8. The summed E-state index contributed by atoms with van der Waals surface area (Å²) in [6, 6.07) is 5.42. The molecule has 0 radical (unpaired) electrons. The first-order valence-corrected chi connectivity index (χ1v) is 8.13. The van der Waals surface area contributed by atoms with E-state index in [1.54, 1.807) is 30.8 Å².